The van der Waals surface area contributed by atoms with Gasteiger partial charge in [0, 0.05) is 25.9 Å². The summed E-state index contributed by atoms with van der Waals surface area (Å²) in [4.78, 5) is 18.0. The number of hydrogen-bond donors (Lipinski definition) is 0. The number of hydrogen-bond acceptors (Lipinski definition) is 4. The molecule has 0 N–H and O–H groups in total. The Balaban J connectivity index is 1.57. The first kappa shape index (κ1) is 20.2. The summed E-state index contributed by atoms with van der Waals surface area (Å²) in [5, 5.41) is 0. The van der Waals surface area contributed by atoms with Crippen LogP contribution in [0.2, 0.25) is 0 Å². The van der Waals surface area contributed by atoms with E-state index in [1.165, 1.54) is 0 Å². The molecule has 140 valence electrons. The molecule has 2 rings (SSSR count). The third kappa shape index (κ3) is 7.74. The number of nitrogens with zero attached hydrogens (tertiary/aromatic N) is 2. The average Bonchev–Trinajstić information content (AvgIpc) is 2.53. The molecule has 25 heavy (non-hydrogen) atoms. The minimum absolute atomic E-state index is 0.183. The van der Waals surface area contributed by atoms with Crippen molar-refractivity contribution in [2.45, 2.75) is 58.7 Å². The molecule has 0 saturated carbocycles. The normalized spacial score (nSPS) is 16.1. The average molecular weight is 413 g/mol. The number of likely N-dealkylation sites (tertiary alicyclic amines) is 1. The van der Waals surface area contributed by atoms with E-state index >= 15 is 0 Å². The van der Waals surface area contributed by atoms with Gasteiger partial charge in [-0.1, -0.05) is 0 Å². The second kappa shape index (κ2) is 9.53. The Bertz CT molecular complexity index is 552. The maximum absolute atomic E-state index is 12.1. The van der Waals surface area contributed by atoms with E-state index < -0.39 is 5.60 Å². The number of aromatic nitrogens is 1. The Hall–Kier alpha value is -1.14. The number of ether oxygens (including phenoxy) is 2. The lowest BCUT2D eigenvalue weighted by molar-refractivity contribution is 0.0176. The molecule has 1 aliphatic rings. The van der Waals surface area contributed by atoms with E-state index in [0.717, 1.165) is 55.5 Å². The third-order valence-electron chi connectivity index (χ3n) is 4.23. The summed E-state index contributed by atoms with van der Waals surface area (Å²) in [6.45, 7) is 8.70. The van der Waals surface area contributed by atoms with Gasteiger partial charge in [-0.25, -0.2) is 9.78 Å². The van der Waals surface area contributed by atoms with E-state index in [1.54, 1.807) is 6.20 Å². The minimum Gasteiger partial charge on any atom is -0.444 e. The molecule has 6 heteroatoms. The highest BCUT2D eigenvalue weighted by molar-refractivity contribution is 9.10. The summed E-state index contributed by atoms with van der Waals surface area (Å²) in [6.07, 6.45) is 5.91. The van der Waals surface area contributed by atoms with Crippen molar-refractivity contribution in [2.75, 3.05) is 19.7 Å². The molecule has 0 atom stereocenters. The van der Waals surface area contributed by atoms with E-state index in [0.29, 0.717) is 12.5 Å². The van der Waals surface area contributed by atoms with Crippen molar-refractivity contribution in [3.63, 3.8) is 0 Å². The largest absolute Gasteiger partial charge is 0.444 e. The van der Waals surface area contributed by atoms with Gasteiger partial charge in [0.15, 0.2) is 0 Å². The quantitative estimate of drug-likeness (QED) is 0.497. The Kier molecular flexibility index (Phi) is 7.69. The van der Waals surface area contributed by atoms with Crippen molar-refractivity contribution in [1.29, 1.82) is 0 Å². The van der Waals surface area contributed by atoms with Crippen molar-refractivity contribution in [1.82, 2.24) is 9.88 Å². The first-order chi connectivity index (χ1) is 11.8. The monoisotopic (exact) mass is 412 g/mol. The van der Waals surface area contributed by atoms with Gasteiger partial charge in [0.25, 0.3) is 0 Å². The maximum Gasteiger partial charge on any atom is 0.410 e. The van der Waals surface area contributed by atoms with Gasteiger partial charge < -0.3 is 14.4 Å². The van der Waals surface area contributed by atoms with Gasteiger partial charge in [-0.2, -0.15) is 0 Å². The smallest absolute Gasteiger partial charge is 0.410 e. The van der Waals surface area contributed by atoms with Crippen molar-refractivity contribution in [3.05, 3.63) is 28.5 Å². The summed E-state index contributed by atoms with van der Waals surface area (Å²) < 4.78 is 12.0. The highest BCUT2D eigenvalue weighted by Gasteiger charge is 2.26. The van der Waals surface area contributed by atoms with Gasteiger partial charge in [-0.3, -0.25) is 0 Å². The van der Waals surface area contributed by atoms with E-state index in [4.69, 9.17) is 9.47 Å². The molecule has 1 saturated heterocycles. The highest BCUT2D eigenvalue weighted by atomic mass is 79.9. The van der Waals surface area contributed by atoms with Crippen LogP contribution in [0.3, 0.4) is 0 Å². The predicted octanol–water partition coefficient (Wildman–Crippen LogP) is 4.79. The molecule has 0 unspecified atom stereocenters. The Labute approximate surface area is 159 Å². The van der Waals surface area contributed by atoms with Gasteiger partial charge in [0.2, 0.25) is 0 Å². The molecule has 0 aliphatic carbocycles. The number of pyridine rings is 1. The van der Waals surface area contributed by atoms with Gasteiger partial charge in [-0.15, -0.1) is 0 Å². The molecular formula is C19H29BrN2O3. The summed E-state index contributed by atoms with van der Waals surface area (Å²) in [5.41, 5.74) is 0.711. The zero-order valence-electron chi connectivity index (χ0n) is 15.5. The Morgan fingerprint density at radius 2 is 2.08 bits per heavy atom. The molecular weight excluding hydrogens is 384 g/mol. The van der Waals surface area contributed by atoms with E-state index in [1.807, 2.05) is 37.8 Å². The second-order valence-corrected chi connectivity index (χ2v) is 8.40. The lowest BCUT2D eigenvalue weighted by Crippen LogP contribution is -2.41. The third-order valence-corrected chi connectivity index (χ3v) is 4.66. The molecule has 1 aromatic rings. The van der Waals surface area contributed by atoms with Crippen molar-refractivity contribution in [2.24, 2.45) is 5.92 Å². The van der Waals surface area contributed by atoms with Crippen LogP contribution in [-0.2, 0) is 16.1 Å². The van der Waals surface area contributed by atoms with Crippen LogP contribution in [0, 0.1) is 5.92 Å². The minimum atomic E-state index is -0.421. The van der Waals surface area contributed by atoms with Crippen LogP contribution in [0.1, 0.15) is 52.0 Å². The molecule has 0 radical (unpaired) electrons. The maximum atomic E-state index is 12.1. The summed E-state index contributed by atoms with van der Waals surface area (Å²) >= 11 is 3.36. The number of amides is 1. The molecule has 2 heterocycles. The predicted molar refractivity (Wildman–Crippen MR) is 101 cm³/mol. The second-order valence-electron chi connectivity index (χ2n) is 7.59. The summed E-state index contributed by atoms with van der Waals surface area (Å²) in [7, 11) is 0. The Morgan fingerprint density at radius 1 is 1.36 bits per heavy atom. The van der Waals surface area contributed by atoms with Crippen molar-refractivity contribution < 1.29 is 14.3 Å². The molecule has 1 amide bonds. The molecule has 1 aromatic heterocycles. The van der Waals surface area contributed by atoms with E-state index in [9.17, 15) is 4.79 Å². The molecule has 1 fully saturated rings. The molecule has 0 bridgehead atoms. The molecule has 0 spiro atoms. The number of halogens is 1. The van der Waals surface area contributed by atoms with Gasteiger partial charge in [0.1, 0.15) is 10.2 Å². The van der Waals surface area contributed by atoms with Crippen LogP contribution >= 0.6 is 15.9 Å². The highest BCUT2D eigenvalue weighted by Crippen LogP contribution is 2.23. The number of piperidine rings is 1. The fourth-order valence-electron chi connectivity index (χ4n) is 2.93. The number of carbonyl (C=O) groups excluding carboxylic acids is 1. The van der Waals surface area contributed by atoms with Gasteiger partial charge in [-0.05, 0) is 86.0 Å². The standard InChI is InChI=1S/C19H29BrN2O3/c1-19(2,3)25-18(23)22-10-7-15(8-11-22)5-4-12-24-14-16-6-9-21-17(20)13-16/h6,9,13,15H,4-5,7-8,10-12,14H2,1-3H3. The SMILES string of the molecule is CC(C)(C)OC(=O)N1CCC(CCCOCc2ccnc(Br)c2)CC1. The summed E-state index contributed by atoms with van der Waals surface area (Å²) in [5.74, 6) is 0.678. The zero-order valence-corrected chi connectivity index (χ0v) is 17.0. The topological polar surface area (TPSA) is 51.7 Å². The summed E-state index contributed by atoms with van der Waals surface area (Å²) in [6, 6.07) is 3.95. The molecule has 0 aromatic carbocycles. The fraction of sp³-hybridized carbons (Fsp3) is 0.684. The van der Waals surface area contributed by atoms with Crippen LogP contribution in [0.5, 0.6) is 0 Å². The van der Waals surface area contributed by atoms with E-state index in [-0.39, 0.29) is 6.09 Å². The van der Waals surface area contributed by atoms with Crippen LogP contribution < -0.4 is 0 Å². The lowest BCUT2D eigenvalue weighted by atomic mass is 9.92. The van der Waals surface area contributed by atoms with Gasteiger partial charge >= 0.3 is 6.09 Å². The molecule has 5 nitrogen and oxygen atoms in total. The molecule has 1 aliphatic heterocycles. The van der Waals surface area contributed by atoms with E-state index in [2.05, 4.69) is 20.9 Å². The van der Waals surface area contributed by atoms with Crippen molar-refractivity contribution >= 4 is 22.0 Å². The Morgan fingerprint density at radius 3 is 2.72 bits per heavy atom. The van der Waals surface area contributed by atoms with Crippen LogP contribution in [0.15, 0.2) is 22.9 Å². The van der Waals surface area contributed by atoms with Crippen LogP contribution in [0.4, 0.5) is 4.79 Å². The van der Waals surface area contributed by atoms with Crippen molar-refractivity contribution in [3.8, 4) is 0 Å². The van der Waals surface area contributed by atoms with Gasteiger partial charge in [0.05, 0.1) is 6.61 Å². The number of rotatable bonds is 6. The van der Waals surface area contributed by atoms with Crippen LogP contribution in [0.25, 0.3) is 0 Å². The number of carbonyl (C=O) groups is 1. The first-order valence-electron chi connectivity index (χ1n) is 8.99. The lowest BCUT2D eigenvalue weighted by Gasteiger charge is -2.33. The zero-order chi connectivity index (χ0) is 18.3. The van der Waals surface area contributed by atoms with Crippen LogP contribution in [-0.4, -0.2) is 41.3 Å². The first-order valence-corrected chi connectivity index (χ1v) is 9.79. The fourth-order valence-corrected chi connectivity index (χ4v) is 3.34.